The molecule has 0 aromatic carbocycles. The van der Waals surface area contributed by atoms with Gasteiger partial charge in [-0.1, -0.05) is 0 Å². The average molecular weight is 389 g/mol. The molecule has 102 valence electrons. The monoisotopic (exact) mass is 389 g/mol. The van der Waals surface area contributed by atoms with E-state index in [2.05, 4.69) is 9.72 Å². The molecule has 10 heteroatoms. The van der Waals surface area contributed by atoms with Crippen LogP contribution in [0.5, 0.6) is 5.88 Å². The van der Waals surface area contributed by atoms with Crippen LogP contribution < -0.4 is 4.74 Å². The van der Waals surface area contributed by atoms with E-state index in [1.165, 1.54) is 22.6 Å². The Labute approximate surface area is 109 Å². The lowest BCUT2D eigenvalue weighted by molar-refractivity contribution is -0.276. The maximum absolute atomic E-state index is 12.5. The largest absolute Gasteiger partial charge is 0.574 e. The Bertz CT molecular complexity index is 442. The standard InChI is InChI=1S/C8H3F7INO/c9-2-3-4(16)1-5(18-8(13,14)15)17-6(3)7(10,11)12/h1H,2H2. The van der Waals surface area contributed by atoms with E-state index < -0.39 is 36.4 Å². The van der Waals surface area contributed by atoms with Gasteiger partial charge < -0.3 is 4.74 Å². The Morgan fingerprint density at radius 1 is 1.17 bits per heavy atom. The van der Waals surface area contributed by atoms with Crippen LogP contribution in [0.2, 0.25) is 0 Å². The lowest BCUT2D eigenvalue weighted by Crippen LogP contribution is -2.20. The molecule has 0 radical (unpaired) electrons. The Hall–Kier alpha value is -0.810. The summed E-state index contributed by atoms with van der Waals surface area (Å²) in [4.78, 5) is 2.65. The molecule has 0 N–H and O–H groups in total. The highest BCUT2D eigenvalue weighted by molar-refractivity contribution is 14.1. The number of hydrogen-bond acceptors (Lipinski definition) is 2. The van der Waals surface area contributed by atoms with Gasteiger partial charge in [-0.2, -0.15) is 13.2 Å². The topological polar surface area (TPSA) is 22.1 Å². The van der Waals surface area contributed by atoms with Crippen molar-refractivity contribution in [1.82, 2.24) is 4.98 Å². The molecule has 0 unspecified atom stereocenters. The fraction of sp³-hybridized carbons (Fsp3) is 0.375. The summed E-state index contributed by atoms with van der Waals surface area (Å²) in [6, 6.07) is 0.582. The summed E-state index contributed by atoms with van der Waals surface area (Å²) in [5, 5.41) is 0. The van der Waals surface area contributed by atoms with Gasteiger partial charge in [0.1, 0.15) is 6.67 Å². The van der Waals surface area contributed by atoms with Gasteiger partial charge in [-0.25, -0.2) is 9.37 Å². The van der Waals surface area contributed by atoms with Gasteiger partial charge in [-0.3, -0.25) is 0 Å². The van der Waals surface area contributed by atoms with Crippen LogP contribution in [-0.4, -0.2) is 11.3 Å². The molecular weight excluding hydrogens is 386 g/mol. The number of alkyl halides is 7. The minimum Gasteiger partial charge on any atom is -0.388 e. The van der Waals surface area contributed by atoms with Crippen LogP contribution in [-0.2, 0) is 12.9 Å². The zero-order valence-corrected chi connectivity index (χ0v) is 10.3. The van der Waals surface area contributed by atoms with Crippen LogP contribution in [0, 0.1) is 3.57 Å². The van der Waals surface area contributed by atoms with E-state index in [1.54, 1.807) is 0 Å². The van der Waals surface area contributed by atoms with Crippen molar-refractivity contribution < 1.29 is 35.5 Å². The van der Waals surface area contributed by atoms with Crippen LogP contribution in [0.3, 0.4) is 0 Å². The molecule has 0 spiro atoms. The second kappa shape index (κ2) is 5.05. The van der Waals surface area contributed by atoms with Gasteiger partial charge >= 0.3 is 12.5 Å². The van der Waals surface area contributed by atoms with E-state index in [0.717, 1.165) is 0 Å². The maximum atomic E-state index is 12.5. The van der Waals surface area contributed by atoms with Crippen molar-refractivity contribution in [3.8, 4) is 5.88 Å². The molecule has 1 heterocycles. The van der Waals surface area contributed by atoms with Crippen molar-refractivity contribution in [2.45, 2.75) is 19.2 Å². The highest BCUT2D eigenvalue weighted by atomic mass is 127. The zero-order valence-electron chi connectivity index (χ0n) is 8.16. The molecule has 0 aliphatic rings. The van der Waals surface area contributed by atoms with E-state index in [4.69, 9.17) is 0 Å². The number of halogens is 8. The SMILES string of the molecule is FCc1c(I)cc(OC(F)(F)F)nc1C(F)(F)F. The van der Waals surface area contributed by atoms with E-state index >= 15 is 0 Å². The maximum Gasteiger partial charge on any atom is 0.574 e. The van der Waals surface area contributed by atoms with Gasteiger partial charge in [-0.15, -0.1) is 13.2 Å². The van der Waals surface area contributed by atoms with Gasteiger partial charge in [0.25, 0.3) is 0 Å². The van der Waals surface area contributed by atoms with Crippen molar-refractivity contribution in [3.63, 3.8) is 0 Å². The smallest absolute Gasteiger partial charge is 0.388 e. The van der Waals surface area contributed by atoms with Crippen LogP contribution in [0.15, 0.2) is 6.07 Å². The lowest BCUT2D eigenvalue weighted by atomic mass is 10.2. The predicted octanol–water partition coefficient (Wildman–Crippen LogP) is 4.07. The molecule has 1 rings (SSSR count). The van der Waals surface area contributed by atoms with Crippen molar-refractivity contribution in [2.75, 3.05) is 0 Å². The highest BCUT2D eigenvalue weighted by Gasteiger charge is 2.39. The first-order chi connectivity index (χ1) is 8.04. The number of aromatic nitrogens is 1. The van der Waals surface area contributed by atoms with Gasteiger partial charge in [0.15, 0.2) is 5.69 Å². The van der Waals surface area contributed by atoms with Crippen LogP contribution in [0.4, 0.5) is 30.7 Å². The second-order valence-electron chi connectivity index (χ2n) is 2.95. The van der Waals surface area contributed by atoms with E-state index in [-0.39, 0.29) is 3.57 Å². The fourth-order valence-corrected chi connectivity index (χ4v) is 1.72. The van der Waals surface area contributed by atoms with Gasteiger partial charge in [0.2, 0.25) is 5.88 Å². The third kappa shape index (κ3) is 3.85. The fourth-order valence-electron chi connectivity index (χ4n) is 1.05. The molecule has 1 aromatic rings. The number of rotatable bonds is 2. The summed E-state index contributed by atoms with van der Waals surface area (Å²) in [5.74, 6) is -1.28. The van der Waals surface area contributed by atoms with Crippen LogP contribution >= 0.6 is 22.6 Å². The van der Waals surface area contributed by atoms with Crippen LogP contribution in [0.1, 0.15) is 11.3 Å². The van der Waals surface area contributed by atoms with Crippen molar-refractivity contribution >= 4 is 22.6 Å². The molecule has 0 aliphatic carbocycles. The van der Waals surface area contributed by atoms with Crippen LogP contribution in [0.25, 0.3) is 0 Å². The third-order valence-electron chi connectivity index (χ3n) is 1.67. The Kier molecular flexibility index (Phi) is 4.28. The highest BCUT2D eigenvalue weighted by Crippen LogP contribution is 2.35. The predicted molar refractivity (Wildman–Crippen MR) is 53.5 cm³/mol. The Morgan fingerprint density at radius 2 is 1.72 bits per heavy atom. The quantitative estimate of drug-likeness (QED) is 0.562. The van der Waals surface area contributed by atoms with Crippen molar-refractivity contribution in [1.29, 1.82) is 0 Å². The molecule has 18 heavy (non-hydrogen) atoms. The first-order valence-electron chi connectivity index (χ1n) is 4.13. The normalized spacial score (nSPS) is 12.7. The summed E-state index contributed by atoms with van der Waals surface area (Å²) < 4.78 is 88.3. The third-order valence-corrected chi connectivity index (χ3v) is 2.63. The Morgan fingerprint density at radius 3 is 2.11 bits per heavy atom. The average Bonchev–Trinajstić information content (AvgIpc) is 2.12. The van der Waals surface area contributed by atoms with Gasteiger partial charge in [0, 0.05) is 15.2 Å². The molecule has 0 atom stereocenters. The Balaban J connectivity index is 3.31. The minimum absolute atomic E-state index is 0.350. The number of ether oxygens (including phenoxy) is 1. The van der Waals surface area contributed by atoms with E-state index in [9.17, 15) is 30.7 Å². The van der Waals surface area contributed by atoms with Gasteiger partial charge in [-0.05, 0) is 22.6 Å². The van der Waals surface area contributed by atoms with Crippen molar-refractivity contribution in [3.05, 3.63) is 20.9 Å². The molecular formula is C8H3F7INO. The zero-order chi connectivity index (χ0) is 14.1. The number of hydrogen-bond donors (Lipinski definition) is 0. The summed E-state index contributed by atoms with van der Waals surface area (Å²) >= 11 is 1.28. The summed E-state index contributed by atoms with van der Waals surface area (Å²) in [6.45, 7) is -1.49. The number of pyridine rings is 1. The molecule has 2 nitrogen and oxygen atoms in total. The van der Waals surface area contributed by atoms with Gasteiger partial charge in [0.05, 0.1) is 0 Å². The molecule has 0 aliphatic heterocycles. The summed E-state index contributed by atoms with van der Waals surface area (Å²) in [5.41, 5.74) is -2.55. The summed E-state index contributed by atoms with van der Waals surface area (Å²) in [7, 11) is 0. The van der Waals surface area contributed by atoms with E-state index in [1.807, 2.05) is 0 Å². The molecule has 0 fully saturated rings. The molecule has 0 saturated heterocycles. The minimum atomic E-state index is -5.17. The van der Waals surface area contributed by atoms with Crippen molar-refractivity contribution in [2.24, 2.45) is 0 Å². The van der Waals surface area contributed by atoms with E-state index in [0.29, 0.717) is 6.07 Å². The summed E-state index contributed by atoms with van der Waals surface area (Å²) in [6.07, 6.45) is -10.2. The number of nitrogens with zero attached hydrogens (tertiary/aromatic N) is 1. The lowest BCUT2D eigenvalue weighted by Gasteiger charge is -2.14. The molecule has 1 aromatic heterocycles. The first-order valence-corrected chi connectivity index (χ1v) is 5.21. The second-order valence-corrected chi connectivity index (χ2v) is 4.11. The molecule has 0 bridgehead atoms. The molecule has 0 amide bonds. The first kappa shape index (κ1) is 15.2. The molecule has 0 saturated carbocycles.